The smallest absolute Gasteiger partial charge is 0.416 e. The molecule has 3 rings (SSSR count). The summed E-state index contributed by atoms with van der Waals surface area (Å²) in [5, 5.41) is 9.01. The largest absolute Gasteiger partial charge is 0.493 e. The molecule has 0 amide bonds. The molecule has 0 atom stereocenters. The summed E-state index contributed by atoms with van der Waals surface area (Å²) in [5.74, 6) is 0.695. The number of nitrogens with zero attached hydrogens (tertiary/aromatic N) is 1. The lowest BCUT2D eigenvalue weighted by Gasteiger charge is -2.10. The van der Waals surface area contributed by atoms with Crippen LogP contribution in [0.5, 0.6) is 5.75 Å². The van der Waals surface area contributed by atoms with Crippen LogP contribution in [0.1, 0.15) is 54.3 Å². The summed E-state index contributed by atoms with van der Waals surface area (Å²) in [6, 6.07) is 10.1. The van der Waals surface area contributed by atoms with Gasteiger partial charge in [0, 0.05) is 18.4 Å². The summed E-state index contributed by atoms with van der Waals surface area (Å²) in [4.78, 5) is 15.5. The third-order valence-electron chi connectivity index (χ3n) is 5.45. The highest BCUT2D eigenvalue weighted by Gasteiger charge is 2.30. The Morgan fingerprint density at radius 3 is 2.47 bits per heavy atom. The number of carboxylic acid groups (broad SMARTS) is 1. The Balaban J connectivity index is 1.75. The van der Waals surface area contributed by atoms with Crippen LogP contribution in [-0.2, 0) is 30.2 Å². The Hall–Kier alpha value is -3.29. The molecule has 0 aliphatic carbocycles. The SMILES string of the molecule is CCCCCc1oc(-c2ccc(C(F)(F)F)cc2)nc1CCOc1cc(CC(=O)O)ccc1C. The quantitative estimate of drug-likeness (QED) is 0.314. The first-order valence-corrected chi connectivity index (χ1v) is 11.3. The molecule has 0 bridgehead atoms. The minimum Gasteiger partial charge on any atom is -0.493 e. The molecule has 0 spiro atoms. The van der Waals surface area contributed by atoms with Crippen LogP contribution in [0.25, 0.3) is 11.5 Å². The number of aryl methyl sites for hydroxylation is 2. The first-order chi connectivity index (χ1) is 16.2. The van der Waals surface area contributed by atoms with Crippen LogP contribution in [0.15, 0.2) is 46.9 Å². The Bertz CT molecular complexity index is 1100. The first kappa shape index (κ1) is 25.3. The maximum absolute atomic E-state index is 12.9. The van der Waals surface area contributed by atoms with Crippen molar-refractivity contribution >= 4 is 5.97 Å². The van der Waals surface area contributed by atoms with Gasteiger partial charge in [-0.15, -0.1) is 0 Å². The van der Waals surface area contributed by atoms with Gasteiger partial charge in [-0.05, 0) is 54.8 Å². The van der Waals surface area contributed by atoms with E-state index in [-0.39, 0.29) is 12.3 Å². The molecule has 2 aromatic carbocycles. The maximum atomic E-state index is 12.9. The van der Waals surface area contributed by atoms with Gasteiger partial charge in [-0.25, -0.2) is 4.98 Å². The van der Waals surface area contributed by atoms with Gasteiger partial charge in [-0.2, -0.15) is 13.2 Å². The number of oxazole rings is 1. The fourth-order valence-corrected chi connectivity index (χ4v) is 3.58. The molecular formula is C26H28F3NO4. The van der Waals surface area contributed by atoms with Crippen molar-refractivity contribution in [2.75, 3.05) is 6.61 Å². The molecule has 0 unspecified atom stereocenters. The highest BCUT2D eigenvalue weighted by molar-refractivity contribution is 5.70. The van der Waals surface area contributed by atoms with E-state index in [4.69, 9.17) is 14.3 Å². The molecule has 1 aromatic heterocycles. The van der Waals surface area contributed by atoms with E-state index >= 15 is 0 Å². The summed E-state index contributed by atoms with van der Waals surface area (Å²) in [7, 11) is 0. The number of alkyl halides is 3. The zero-order valence-corrected chi connectivity index (χ0v) is 19.2. The number of benzene rings is 2. The van der Waals surface area contributed by atoms with Crippen LogP contribution in [0, 0.1) is 6.92 Å². The van der Waals surface area contributed by atoms with Gasteiger partial charge in [0.15, 0.2) is 0 Å². The number of aromatic nitrogens is 1. The second kappa shape index (κ2) is 11.2. The van der Waals surface area contributed by atoms with Crippen molar-refractivity contribution < 1.29 is 32.2 Å². The summed E-state index contributed by atoms with van der Waals surface area (Å²) < 4.78 is 50.5. The molecule has 34 heavy (non-hydrogen) atoms. The molecule has 182 valence electrons. The van der Waals surface area contributed by atoms with Crippen molar-refractivity contribution in [3.63, 3.8) is 0 Å². The van der Waals surface area contributed by atoms with Crippen LogP contribution >= 0.6 is 0 Å². The number of unbranched alkanes of at least 4 members (excludes halogenated alkanes) is 2. The molecule has 0 fully saturated rings. The molecule has 0 radical (unpaired) electrons. The Morgan fingerprint density at radius 2 is 1.82 bits per heavy atom. The van der Waals surface area contributed by atoms with E-state index in [2.05, 4.69) is 11.9 Å². The highest BCUT2D eigenvalue weighted by Crippen LogP contribution is 2.31. The van der Waals surface area contributed by atoms with E-state index in [1.54, 1.807) is 12.1 Å². The number of hydrogen-bond donors (Lipinski definition) is 1. The summed E-state index contributed by atoms with van der Waals surface area (Å²) in [6.07, 6.45) is -0.354. The number of rotatable bonds is 11. The van der Waals surface area contributed by atoms with Gasteiger partial charge in [0.25, 0.3) is 0 Å². The summed E-state index contributed by atoms with van der Waals surface area (Å²) >= 11 is 0. The monoisotopic (exact) mass is 475 g/mol. The number of carboxylic acids is 1. The van der Waals surface area contributed by atoms with Crippen LogP contribution in [0.3, 0.4) is 0 Å². The van der Waals surface area contributed by atoms with E-state index in [1.807, 2.05) is 13.0 Å². The standard InChI is InChI=1S/C26H28F3NO4/c1-3-4-5-6-22-21(13-14-33-23-15-18(16-24(31)32)8-7-17(23)2)30-25(34-22)19-9-11-20(12-10-19)26(27,28)29/h7-12,15H,3-6,13-14,16H2,1-2H3,(H,31,32). The Kier molecular flexibility index (Phi) is 8.36. The minimum absolute atomic E-state index is 0.0853. The van der Waals surface area contributed by atoms with Gasteiger partial charge in [0.2, 0.25) is 5.89 Å². The van der Waals surface area contributed by atoms with Gasteiger partial charge in [0.1, 0.15) is 11.5 Å². The molecule has 8 heteroatoms. The predicted octanol–water partition coefficient (Wildman–Crippen LogP) is 6.65. The number of hydrogen-bond acceptors (Lipinski definition) is 4. The first-order valence-electron chi connectivity index (χ1n) is 11.3. The normalized spacial score (nSPS) is 11.6. The zero-order chi connectivity index (χ0) is 24.7. The summed E-state index contributed by atoms with van der Waals surface area (Å²) in [5.41, 5.74) is 2.02. The van der Waals surface area contributed by atoms with E-state index in [0.717, 1.165) is 37.0 Å². The lowest BCUT2D eigenvalue weighted by Crippen LogP contribution is -2.06. The van der Waals surface area contributed by atoms with Crippen LogP contribution < -0.4 is 4.74 Å². The predicted molar refractivity (Wildman–Crippen MR) is 122 cm³/mol. The van der Waals surface area contributed by atoms with E-state index < -0.39 is 17.7 Å². The lowest BCUT2D eigenvalue weighted by atomic mass is 10.1. The topological polar surface area (TPSA) is 72.6 Å². The van der Waals surface area contributed by atoms with Gasteiger partial charge in [0.05, 0.1) is 24.3 Å². The van der Waals surface area contributed by atoms with Gasteiger partial charge >= 0.3 is 12.1 Å². The molecule has 0 aliphatic rings. The van der Waals surface area contributed by atoms with E-state index in [9.17, 15) is 18.0 Å². The average molecular weight is 476 g/mol. The van der Waals surface area contributed by atoms with Gasteiger partial charge in [-0.1, -0.05) is 31.9 Å². The van der Waals surface area contributed by atoms with E-state index in [0.29, 0.717) is 47.8 Å². The summed E-state index contributed by atoms with van der Waals surface area (Å²) in [6.45, 7) is 4.29. The van der Waals surface area contributed by atoms with Crippen molar-refractivity contribution in [3.8, 4) is 17.2 Å². The number of aliphatic carboxylic acids is 1. The second-order valence-electron chi connectivity index (χ2n) is 8.19. The Morgan fingerprint density at radius 1 is 1.09 bits per heavy atom. The van der Waals surface area contributed by atoms with Gasteiger partial charge in [-0.3, -0.25) is 4.79 Å². The highest BCUT2D eigenvalue weighted by atomic mass is 19.4. The molecule has 1 heterocycles. The fourth-order valence-electron chi connectivity index (χ4n) is 3.58. The zero-order valence-electron chi connectivity index (χ0n) is 19.2. The third-order valence-corrected chi connectivity index (χ3v) is 5.45. The lowest BCUT2D eigenvalue weighted by molar-refractivity contribution is -0.138. The third kappa shape index (κ3) is 6.85. The number of halogens is 3. The molecule has 0 saturated carbocycles. The molecule has 5 nitrogen and oxygen atoms in total. The van der Waals surface area contributed by atoms with Crippen molar-refractivity contribution in [1.82, 2.24) is 4.98 Å². The van der Waals surface area contributed by atoms with Crippen LogP contribution in [-0.4, -0.2) is 22.7 Å². The van der Waals surface area contributed by atoms with Crippen molar-refractivity contribution in [3.05, 3.63) is 70.6 Å². The van der Waals surface area contributed by atoms with Crippen LogP contribution in [0.4, 0.5) is 13.2 Å². The minimum atomic E-state index is -4.40. The number of ether oxygens (including phenoxy) is 1. The molecular weight excluding hydrogens is 447 g/mol. The number of carbonyl (C=O) groups is 1. The molecule has 1 N–H and O–H groups in total. The average Bonchev–Trinajstić information content (AvgIpc) is 3.18. The van der Waals surface area contributed by atoms with E-state index in [1.165, 1.54) is 12.1 Å². The maximum Gasteiger partial charge on any atom is 0.416 e. The fraction of sp³-hybridized carbons (Fsp3) is 0.385. The van der Waals surface area contributed by atoms with Gasteiger partial charge < -0.3 is 14.3 Å². The van der Waals surface area contributed by atoms with Crippen molar-refractivity contribution in [2.24, 2.45) is 0 Å². The molecule has 0 aliphatic heterocycles. The van der Waals surface area contributed by atoms with Crippen molar-refractivity contribution in [2.45, 2.75) is 58.5 Å². The second-order valence-corrected chi connectivity index (χ2v) is 8.19. The molecule has 0 saturated heterocycles. The Labute approximate surface area is 196 Å². The van der Waals surface area contributed by atoms with Crippen molar-refractivity contribution in [1.29, 1.82) is 0 Å². The van der Waals surface area contributed by atoms with Crippen LogP contribution in [0.2, 0.25) is 0 Å². The molecule has 3 aromatic rings.